The van der Waals surface area contributed by atoms with Crippen molar-refractivity contribution in [1.29, 1.82) is 0 Å². The summed E-state index contributed by atoms with van der Waals surface area (Å²) in [5.41, 5.74) is -0.457. The lowest BCUT2D eigenvalue weighted by Gasteiger charge is -2.12. The molecule has 35 heavy (non-hydrogen) atoms. The summed E-state index contributed by atoms with van der Waals surface area (Å²) in [6.07, 6.45) is -3.37. The van der Waals surface area contributed by atoms with Crippen LogP contribution in [0.5, 0.6) is 17.2 Å². The van der Waals surface area contributed by atoms with Crippen LogP contribution in [-0.4, -0.2) is 36.9 Å². The van der Waals surface area contributed by atoms with Gasteiger partial charge in [0.1, 0.15) is 17.1 Å². The Hall–Kier alpha value is -3.53. The zero-order valence-corrected chi connectivity index (χ0v) is 19.7. The Morgan fingerprint density at radius 2 is 1.63 bits per heavy atom. The normalized spacial score (nSPS) is 11.5. The molecule has 6 nitrogen and oxygen atoms in total. The predicted octanol–water partition coefficient (Wildman–Crippen LogP) is 6.38. The molecule has 0 fully saturated rings. The fourth-order valence-corrected chi connectivity index (χ4v) is 3.69. The molecule has 3 aromatic rings. The highest BCUT2D eigenvalue weighted by atomic mass is 35.5. The lowest BCUT2D eigenvalue weighted by Crippen LogP contribution is -2.08. The van der Waals surface area contributed by atoms with E-state index in [4.69, 9.17) is 25.8 Å². The number of hydrogen-bond acceptors (Lipinski definition) is 5. The SMILES string of the molecule is COc1ccc(/C=C/C(=O)c2ccc(OC)c(OC)c2)cc1Cn1nc(C(F)F)c(Cl)c1C(F)F. The van der Waals surface area contributed by atoms with Crippen LogP contribution in [0.25, 0.3) is 6.08 Å². The number of aromatic nitrogens is 2. The molecule has 0 N–H and O–H groups in total. The van der Waals surface area contributed by atoms with Gasteiger partial charge in [0.2, 0.25) is 0 Å². The number of hydrogen-bond donors (Lipinski definition) is 0. The first-order chi connectivity index (χ1) is 16.7. The van der Waals surface area contributed by atoms with Crippen molar-refractivity contribution >= 4 is 23.5 Å². The minimum absolute atomic E-state index is 0.305. The van der Waals surface area contributed by atoms with Crippen LogP contribution in [0.15, 0.2) is 42.5 Å². The van der Waals surface area contributed by atoms with Crippen LogP contribution in [0.2, 0.25) is 5.02 Å². The first kappa shape index (κ1) is 26.1. The number of methoxy groups -OCH3 is 3. The van der Waals surface area contributed by atoms with E-state index in [-0.39, 0.29) is 12.3 Å². The molecule has 0 aliphatic heterocycles. The van der Waals surface area contributed by atoms with Gasteiger partial charge in [0.15, 0.2) is 17.3 Å². The van der Waals surface area contributed by atoms with E-state index in [0.717, 1.165) is 4.68 Å². The maximum Gasteiger partial charge on any atom is 0.283 e. The summed E-state index contributed by atoms with van der Waals surface area (Å²) in [5.74, 6) is 0.877. The summed E-state index contributed by atoms with van der Waals surface area (Å²) in [6, 6.07) is 9.52. The molecule has 0 saturated carbocycles. The van der Waals surface area contributed by atoms with Crippen molar-refractivity contribution < 1.29 is 36.6 Å². The van der Waals surface area contributed by atoms with Crippen LogP contribution in [0.4, 0.5) is 17.6 Å². The van der Waals surface area contributed by atoms with Crippen LogP contribution in [0.3, 0.4) is 0 Å². The summed E-state index contributed by atoms with van der Waals surface area (Å²) in [5, 5.41) is 2.81. The molecule has 1 heterocycles. The van der Waals surface area contributed by atoms with E-state index < -0.39 is 29.3 Å². The summed E-state index contributed by atoms with van der Waals surface area (Å²) in [4.78, 5) is 12.6. The highest BCUT2D eigenvalue weighted by Crippen LogP contribution is 2.35. The number of allylic oxidation sites excluding steroid dienone is 1. The molecule has 0 spiro atoms. The number of benzene rings is 2. The van der Waals surface area contributed by atoms with Gasteiger partial charge in [0.25, 0.3) is 12.9 Å². The molecule has 0 unspecified atom stereocenters. The summed E-state index contributed by atoms with van der Waals surface area (Å²) in [7, 11) is 4.32. The second kappa shape index (κ2) is 11.3. The third-order valence-corrected chi connectivity index (χ3v) is 5.48. The number of carbonyl (C=O) groups is 1. The zero-order valence-electron chi connectivity index (χ0n) is 18.9. The number of nitrogens with zero attached hydrogens (tertiary/aromatic N) is 2. The van der Waals surface area contributed by atoms with E-state index in [9.17, 15) is 22.4 Å². The van der Waals surface area contributed by atoms with Crippen molar-refractivity contribution in [3.63, 3.8) is 0 Å². The minimum Gasteiger partial charge on any atom is -0.496 e. The molecule has 2 aromatic carbocycles. The monoisotopic (exact) mass is 512 g/mol. The van der Waals surface area contributed by atoms with E-state index in [2.05, 4.69) is 5.10 Å². The second-order valence-electron chi connectivity index (χ2n) is 7.18. The molecule has 0 radical (unpaired) electrons. The molecule has 11 heteroatoms. The maximum absolute atomic E-state index is 13.5. The van der Waals surface area contributed by atoms with Gasteiger partial charge in [-0.15, -0.1) is 0 Å². The second-order valence-corrected chi connectivity index (χ2v) is 7.56. The molecule has 0 atom stereocenters. The van der Waals surface area contributed by atoms with E-state index in [0.29, 0.717) is 33.9 Å². The Morgan fingerprint density at radius 3 is 2.23 bits per heavy atom. The Bertz CT molecular complexity index is 1240. The lowest BCUT2D eigenvalue weighted by atomic mass is 10.1. The van der Waals surface area contributed by atoms with E-state index >= 15 is 0 Å². The number of alkyl halides is 4. The first-order valence-electron chi connectivity index (χ1n) is 10.1. The number of halogens is 5. The molecule has 1 aromatic heterocycles. The van der Waals surface area contributed by atoms with Gasteiger partial charge in [-0.1, -0.05) is 23.7 Å². The predicted molar refractivity (Wildman–Crippen MR) is 122 cm³/mol. The van der Waals surface area contributed by atoms with Gasteiger partial charge in [0.05, 0.1) is 32.9 Å². The van der Waals surface area contributed by atoms with Crippen LogP contribution in [0.1, 0.15) is 45.7 Å². The van der Waals surface area contributed by atoms with Crippen molar-refractivity contribution in [3.05, 3.63) is 75.6 Å². The molecule has 0 aliphatic carbocycles. The quantitative estimate of drug-likeness (QED) is 0.179. The number of ketones is 1. The fraction of sp³-hybridized carbons (Fsp3) is 0.250. The average molecular weight is 513 g/mol. The summed E-state index contributed by atoms with van der Waals surface area (Å²) in [6.45, 7) is -0.305. The number of ether oxygens (including phenoxy) is 3. The Labute approximate surface area is 203 Å². The van der Waals surface area contributed by atoms with Crippen molar-refractivity contribution in [1.82, 2.24) is 9.78 Å². The maximum atomic E-state index is 13.5. The molecule has 3 rings (SSSR count). The van der Waals surface area contributed by atoms with E-state index in [1.165, 1.54) is 33.5 Å². The van der Waals surface area contributed by atoms with E-state index in [1.54, 1.807) is 36.4 Å². The van der Waals surface area contributed by atoms with E-state index in [1.807, 2.05) is 0 Å². The lowest BCUT2D eigenvalue weighted by molar-refractivity contribution is 0.104. The highest BCUT2D eigenvalue weighted by molar-refractivity contribution is 6.32. The highest BCUT2D eigenvalue weighted by Gasteiger charge is 2.28. The smallest absolute Gasteiger partial charge is 0.283 e. The third-order valence-electron chi connectivity index (χ3n) is 5.09. The number of rotatable bonds is 10. The van der Waals surface area contributed by atoms with Crippen molar-refractivity contribution in [2.45, 2.75) is 19.4 Å². The van der Waals surface area contributed by atoms with Gasteiger partial charge in [-0.25, -0.2) is 17.6 Å². The Balaban J connectivity index is 1.91. The minimum atomic E-state index is -3.12. The third kappa shape index (κ3) is 5.76. The van der Waals surface area contributed by atoms with Crippen LogP contribution in [-0.2, 0) is 6.54 Å². The standard InChI is InChI=1S/C24H21ClF4N2O4/c1-33-17-8-5-13(4-7-16(32)14-6-9-18(34-2)19(11-14)35-3)10-15(17)12-31-22(24(28)29)20(25)21(30-31)23(26)27/h4-11,23-24H,12H2,1-3H3/b7-4+. The topological polar surface area (TPSA) is 62.6 Å². The van der Waals surface area contributed by atoms with Gasteiger partial charge in [-0.2, -0.15) is 5.10 Å². The van der Waals surface area contributed by atoms with Gasteiger partial charge in [-0.3, -0.25) is 9.48 Å². The number of carbonyl (C=O) groups excluding carboxylic acids is 1. The van der Waals surface area contributed by atoms with Crippen LogP contribution >= 0.6 is 11.6 Å². The zero-order chi connectivity index (χ0) is 25.7. The molecule has 0 aliphatic rings. The van der Waals surface area contributed by atoms with Crippen LogP contribution in [0, 0.1) is 0 Å². The molecule has 186 valence electrons. The van der Waals surface area contributed by atoms with Gasteiger partial charge >= 0.3 is 0 Å². The van der Waals surface area contributed by atoms with Gasteiger partial charge in [0, 0.05) is 11.1 Å². The van der Waals surface area contributed by atoms with Crippen molar-refractivity contribution in [3.8, 4) is 17.2 Å². The summed E-state index contributed by atoms with van der Waals surface area (Å²) >= 11 is 5.73. The Kier molecular flexibility index (Phi) is 8.39. The van der Waals surface area contributed by atoms with Crippen LogP contribution < -0.4 is 14.2 Å². The Morgan fingerprint density at radius 1 is 0.971 bits per heavy atom. The molecule has 0 saturated heterocycles. The summed E-state index contributed by atoms with van der Waals surface area (Å²) < 4.78 is 69.7. The molecular weight excluding hydrogens is 492 g/mol. The van der Waals surface area contributed by atoms with Gasteiger partial charge < -0.3 is 14.2 Å². The largest absolute Gasteiger partial charge is 0.496 e. The fourth-order valence-electron chi connectivity index (χ4n) is 3.39. The first-order valence-corrected chi connectivity index (χ1v) is 10.5. The van der Waals surface area contributed by atoms with Gasteiger partial charge in [-0.05, 0) is 42.0 Å². The molecule has 0 amide bonds. The average Bonchev–Trinajstić information content (AvgIpc) is 3.18. The van der Waals surface area contributed by atoms with Crippen molar-refractivity contribution in [2.75, 3.05) is 21.3 Å². The van der Waals surface area contributed by atoms with Crippen molar-refractivity contribution in [2.24, 2.45) is 0 Å². The molecular formula is C24H21ClF4N2O4. The molecule has 0 bridgehead atoms.